The number of aromatic nitrogens is 1. The predicted octanol–water partition coefficient (Wildman–Crippen LogP) is 4.18. The quantitative estimate of drug-likeness (QED) is 0.842. The number of nitrogens with one attached hydrogen (secondary N) is 2. The van der Waals surface area contributed by atoms with Gasteiger partial charge in [0.1, 0.15) is 0 Å². The number of halogens is 1. The molecule has 0 unspecified atom stereocenters. The van der Waals surface area contributed by atoms with E-state index in [-0.39, 0.29) is 0 Å². The third kappa shape index (κ3) is 2.32. The molecule has 0 spiro atoms. The summed E-state index contributed by atoms with van der Waals surface area (Å²) in [4.78, 5) is 3.45. The highest BCUT2D eigenvalue weighted by Crippen LogP contribution is 2.28. The molecule has 96 valence electrons. The Morgan fingerprint density at radius 1 is 1.21 bits per heavy atom. The van der Waals surface area contributed by atoms with Gasteiger partial charge in [-0.3, -0.25) is 0 Å². The molecule has 0 saturated carbocycles. The minimum atomic E-state index is 0.762. The lowest BCUT2D eigenvalue weighted by molar-refractivity contribution is 1.02. The van der Waals surface area contributed by atoms with Gasteiger partial charge in [-0.1, -0.05) is 35.9 Å². The number of para-hydroxylation sites is 1. The summed E-state index contributed by atoms with van der Waals surface area (Å²) in [6, 6.07) is 10.4. The highest BCUT2D eigenvalue weighted by Gasteiger charge is 2.11. The average molecular weight is 271 g/mol. The Hall–Kier alpha value is -1.93. The van der Waals surface area contributed by atoms with Gasteiger partial charge < -0.3 is 10.3 Å². The molecule has 1 heterocycles. The first-order chi connectivity index (χ1) is 9.28. The lowest BCUT2D eigenvalue weighted by Gasteiger charge is -2.09. The van der Waals surface area contributed by atoms with Gasteiger partial charge in [-0.15, -0.1) is 0 Å². The Kier molecular flexibility index (Phi) is 3.18. The van der Waals surface area contributed by atoms with Gasteiger partial charge in [0.05, 0.1) is 0 Å². The van der Waals surface area contributed by atoms with Crippen molar-refractivity contribution in [2.45, 2.75) is 6.42 Å². The lowest BCUT2D eigenvalue weighted by atomic mass is 10.1. The van der Waals surface area contributed by atoms with Crippen LogP contribution in [0, 0.1) is 0 Å². The van der Waals surface area contributed by atoms with E-state index in [1.807, 2.05) is 25.3 Å². The maximum Gasteiger partial charge on any atom is 0.0485 e. The second-order valence-corrected chi connectivity index (χ2v) is 5.02. The molecule has 1 aliphatic carbocycles. The fourth-order valence-electron chi connectivity index (χ4n) is 2.33. The highest BCUT2D eigenvalue weighted by atomic mass is 35.5. The zero-order chi connectivity index (χ0) is 13.2. The standard InChI is InChI=1S/C16H15ClN2/c1-18-15-9-7-12(17)6-8-13(15)16-10-11-4-2-3-5-14(11)19-16/h2-6,8-10,18-19H,7H2,1H3. The van der Waals surface area contributed by atoms with E-state index in [1.54, 1.807) is 0 Å². The molecule has 1 aliphatic rings. The first-order valence-corrected chi connectivity index (χ1v) is 6.68. The molecule has 3 rings (SSSR count). The zero-order valence-corrected chi connectivity index (χ0v) is 11.5. The van der Waals surface area contributed by atoms with E-state index in [9.17, 15) is 0 Å². The first kappa shape index (κ1) is 12.1. The van der Waals surface area contributed by atoms with Crippen molar-refractivity contribution in [1.29, 1.82) is 0 Å². The van der Waals surface area contributed by atoms with Crippen molar-refractivity contribution in [3.63, 3.8) is 0 Å². The van der Waals surface area contributed by atoms with E-state index in [0.29, 0.717) is 0 Å². The van der Waals surface area contributed by atoms with Gasteiger partial charge in [0, 0.05) is 46.4 Å². The van der Waals surface area contributed by atoms with Gasteiger partial charge in [0.2, 0.25) is 0 Å². The van der Waals surface area contributed by atoms with E-state index in [0.717, 1.165) is 33.9 Å². The van der Waals surface area contributed by atoms with Crippen LogP contribution in [-0.4, -0.2) is 12.0 Å². The molecule has 0 bridgehead atoms. The number of H-pyrrole nitrogens is 1. The summed E-state index contributed by atoms with van der Waals surface area (Å²) in [7, 11) is 1.93. The molecule has 0 radical (unpaired) electrons. The Morgan fingerprint density at radius 2 is 2.05 bits per heavy atom. The van der Waals surface area contributed by atoms with Crippen LogP contribution in [-0.2, 0) is 0 Å². The van der Waals surface area contributed by atoms with Gasteiger partial charge in [0.15, 0.2) is 0 Å². The third-order valence-electron chi connectivity index (χ3n) is 3.31. The number of rotatable bonds is 2. The summed E-state index contributed by atoms with van der Waals surface area (Å²) in [6.45, 7) is 0. The third-order valence-corrected chi connectivity index (χ3v) is 3.59. The van der Waals surface area contributed by atoms with Crippen LogP contribution >= 0.6 is 11.6 Å². The van der Waals surface area contributed by atoms with E-state index in [4.69, 9.17) is 11.6 Å². The van der Waals surface area contributed by atoms with Crippen LogP contribution in [0.15, 0.2) is 59.3 Å². The van der Waals surface area contributed by atoms with Crippen molar-refractivity contribution in [1.82, 2.24) is 10.3 Å². The number of allylic oxidation sites excluding steroid dienone is 5. The van der Waals surface area contributed by atoms with Gasteiger partial charge in [-0.05, 0) is 24.3 Å². The monoisotopic (exact) mass is 270 g/mol. The summed E-state index contributed by atoms with van der Waals surface area (Å²) in [5, 5.41) is 5.30. The van der Waals surface area contributed by atoms with Gasteiger partial charge in [-0.2, -0.15) is 0 Å². The number of benzene rings is 1. The van der Waals surface area contributed by atoms with Gasteiger partial charge in [-0.25, -0.2) is 0 Å². The van der Waals surface area contributed by atoms with Crippen LogP contribution in [0.5, 0.6) is 0 Å². The number of fused-ring (bicyclic) bond motifs is 1. The molecule has 2 nitrogen and oxygen atoms in total. The molecule has 0 fully saturated rings. The molecule has 0 amide bonds. The SMILES string of the molecule is CNC1=CCC(Cl)=CC=C1c1cc2ccccc2[nH]1. The summed E-state index contributed by atoms with van der Waals surface area (Å²) >= 11 is 6.11. The van der Waals surface area contributed by atoms with Crippen LogP contribution in [0.3, 0.4) is 0 Å². The molecule has 19 heavy (non-hydrogen) atoms. The second kappa shape index (κ2) is 4.98. The maximum atomic E-state index is 6.11. The van der Waals surface area contributed by atoms with Crippen LogP contribution in [0.25, 0.3) is 16.5 Å². The molecule has 0 saturated heterocycles. The van der Waals surface area contributed by atoms with Crippen LogP contribution in [0.1, 0.15) is 12.1 Å². The lowest BCUT2D eigenvalue weighted by Crippen LogP contribution is -2.07. The molecule has 2 aromatic rings. The van der Waals surface area contributed by atoms with Gasteiger partial charge >= 0.3 is 0 Å². The maximum absolute atomic E-state index is 6.11. The molecule has 2 N–H and O–H groups in total. The molecule has 0 atom stereocenters. The Balaban J connectivity index is 2.12. The summed E-state index contributed by atoms with van der Waals surface area (Å²) in [5.74, 6) is 0. The zero-order valence-electron chi connectivity index (χ0n) is 10.7. The van der Waals surface area contributed by atoms with Crippen molar-refractivity contribution < 1.29 is 0 Å². The highest BCUT2D eigenvalue weighted by molar-refractivity contribution is 6.30. The van der Waals surface area contributed by atoms with Crippen molar-refractivity contribution in [3.8, 4) is 0 Å². The number of likely N-dealkylation sites (N-methyl/N-ethyl adjacent to an activating group) is 1. The van der Waals surface area contributed by atoms with Crippen molar-refractivity contribution in [3.05, 3.63) is 65.0 Å². The summed E-state index contributed by atoms with van der Waals surface area (Å²) in [6.07, 6.45) is 6.90. The minimum absolute atomic E-state index is 0.762. The van der Waals surface area contributed by atoms with E-state index < -0.39 is 0 Å². The smallest absolute Gasteiger partial charge is 0.0485 e. The molecule has 1 aromatic carbocycles. The predicted molar refractivity (Wildman–Crippen MR) is 82.0 cm³/mol. The molecular formula is C16H15ClN2. The minimum Gasteiger partial charge on any atom is -0.388 e. The second-order valence-electron chi connectivity index (χ2n) is 4.54. The Bertz CT molecular complexity index is 671. The van der Waals surface area contributed by atoms with E-state index >= 15 is 0 Å². The normalized spacial score (nSPS) is 15.6. The van der Waals surface area contributed by atoms with Crippen LogP contribution in [0.2, 0.25) is 0 Å². The van der Waals surface area contributed by atoms with E-state index in [1.165, 1.54) is 5.39 Å². The molecule has 3 heteroatoms. The fourth-order valence-corrected chi connectivity index (χ4v) is 2.47. The number of hydrogen-bond acceptors (Lipinski definition) is 1. The van der Waals surface area contributed by atoms with E-state index in [2.05, 4.69) is 40.7 Å². The van der Waals surface area contributed by atoms with Crippen molar-refractivity contribution >= 4 is 28.1 Å². The number of aromatic amines is 1. The summed E-state index contributed by atoms with van der Waals surface area (Å²) in [5.41, 5.74) is 4.48. The Labute approximate surface area is 117 Å². The molecule has 1 aromatic heterocycles. The Morgan fingerprint density at radius 3 is 2.84 bits per heavy atom. The van der Waals surface area contributed by atoms with Crippen molar-refractivity contribution in [2.75, 3.05) is 7.05 Å². The van der Waals surface area contributed by atoms with Crippen molar-refractivity contribution in [2.24, 2.45) is 0 Å². The fraction of sp³-hybridized carbons (Fsp3) is 0.125. The van der Waals surface area contributed by atoms with Gasteiger partial charge in [0.25, 0.3) is 0 Å². The first-order valence-electron chi connectivity index (χ1n) is 6.30. The summed E-state index contributed by atoms with van der Waals surface area (Å²) < 4.78 is 0. The largest absolute Gasteiger partial charge is 0.388 e. The topological polar surface area (TPSA) is 27.8 Å². The van der Waals surface area contributed by atoms with Crippen LogP contribution < -0.4 is 5.32 Å². The average Bonchev–Trinajstić information content (AvgIpc) is 2.76. The van der Waals surface area contributed by atoms with Crippen LogP contribution in [0.4, 0.5) is 0 Å². The number of hydrogen-bond donors (Lipinski definition) is 2. The molecular weight excluding hydrogens is 256 g/mol. The molecule has 0 aliphatic heterocycles.